The highest BCUT2D eigenvalue weighted by Gasteiger charge is 2.34. The maximum absolute atomic E-state index is 14.4. The van der Waals surface area contributed by atoms with Gasteiger partial charge >= 0.3 is 7.60 Å². The molecule has 1 aromatic carbocycles. The van der Waals surface area contributed by atoms with Crippen LogP contribution in [0.1, 0.15) is 62.6 Å². The van der Waals surface area contributed by atoms with E-state index in [1.807, 2.05) is 12.1 Å². The molecule has 3 rings (SSSR count). The number of hydrogen-bond acceptors (Lipinski definition) is 4. The van der Waals surface area contributed by atoms with Crippen molar-refractivity contribution >= 4 is 19.4 Å². The molecule has 1 fully saturated rings. The van der Waals surface area contributed by atoms with Gasteiger partial charge < -0.3 is 15.1 Å². The first-order valence-corrected chi connectivity index (χ1v) is 14.3. The predicted octanol–water partition coefficient (Wildman–Crippen LogP) is 5.79. The summed E-state index contributed by atoms with van der Waals surface area (Å²) in [6.07, 6.45) is 9.59. The minimum Gasteiger partial charge on any atom is -0.324 e. The normalized spacial score (nSPS) is 15.8. The molecule has 33 heavy (non-hydrogen) atoms. The summed E-state index contributed by atoms with van der Waals surface area (Å²) >= 11 is 1.48. The maximum Gasteiger partial charge on any atom is 0.325 e. The minimum atomic E-state index is -3.97. The van der Waals surface area contributed by atoms with Gasteiger partial charge in [-0.05, 0) is 73.6 Å². The quantitative estimate of drug-likeness (QED) is 0.184. The van der Waals surface area contributed by atoms with Gasteiger partial charge in [-0.15, -0.1) is 11.8 Å². The van der Waals surface area contributed by atoms with E-state index < -0.39 is 7.60 Å². The van der Waals surface area contributed by atoms with E-state index in [2.05, 4.69) is 10.3 Å². The van der Waals surface area contributed by atoms with Gasteiger partial charge in [-0.2, -0.15) is 0 Å². The van der Waals surface area contributed by atoms with Crippen molar-refractivity contribution in [1.29, 1.82) is 0 Å². The van der Waals surface area contributed by atoms with Crippen LogP contribution in [0.15, 0.2) is 41.4 Å². The van der Waals surface area contributed by atoms with Crippen LogP contribution < -0.4 is 5.32 Å². The molecule has 1 aromatic heterocycles. The van der Waals surface area contributed by atoms with E-state index in [1.165, 1.54) is 36.2 Å². The van der Waals surface area contributed by atoms with Gasteiger partial charge in [0, 0.05) is 12.7 Å². The molecular weight excluding hydrogens is 465 g/mol. The van der Waals surface area contributed by atoms with Crippen LogP contribution in [0.5, 0.6) is 0 Å². The lowest BCUT2D eigenvalue weighted by Gasteiger charge is -2.30. The highest BCUT2D eigenvalue weighted by Crippen LogP contribution is 2.45. The highest BCUT2D eigenvalue weighted by molar-refractivity contribution is 7.99. The maximum atomic E-state index is 14.4. The second-order valence-corrected chi connectivity index (χ2v) is 11.7. The lowest BCUT2D eigenvalue weighted by atomic mass is 9.75. The lowest BCUT2D eigenvalue weighted by Crippen LogP contribution is -2.22. The summed E-state index contributed by atoms with van der Waals surface area (Å²) < 4.78 is 38.6. The Morgan fingerprint density at radius 2 is 1.82 bits per heavy atom. The number of halogens is 2. The van der Waals surface area contributed by atoms with Crippen molar-refractivity contribution in [3.8, 4) is 0 Å². The molecule has 0 spiro atoms. The molecule has 0 saturated heterocycles. The fourth-order valence-corrected chi connectivity index (χ4v) is 6.04. The fraction of sp³-hybridized carbons (Fsp3) is 0.542. The second kappa shape index (κ2) is 12.4. The molecular formula is C24H33F2N2O3PS. The Morgan fingerprint density at radius 1 is 1.09 bits per heavy atom. The molecule has 3 N–H and O–H groups in total. The van der Waals surface area contributed by atoms with Crippen LogP contribution >= 0.6 is 19.4 Å². The first-order valence-electron chi connectivity index (χ1n) is 11.6. The van der Waals surface area contributed by atoms with Gasteiger partial charge in [0.1, 0.15) is 11.6 Å². The summed E-state index contributed by atoms with van der Waals surface area (Å²) in [5, 5.41) is 3.03. The molecule has 1 heterocycles. The van der Waals surface area contributed by atoms with E-state index in [0.717, 1.165) is 37.9 Å². The van der Waals surface area contributed by atoms with Crippen LogP contribution in [0.2, 0.25) is 0 Å². The van der Waals surface area contributed by atoms with Crippen molar-refractivity contribution in [3.63, 3.8) is 0 Å². The van der Waals surface area contributed by atoms with Crippen molar-refractivity contribution in [2.24, 2.45) is 0 Å². The summed E-state index contributed by atoms with van der Waals surface area (Å²) in [5.41, 5.74) is 1.97. The molecule has 0 aliphatic heterocycles. The van der Waals surface area contributed by atoms with Crippen LogP contribution in [0, 0.1) is 11.6 Å². The van der Waals surface area contributed by atoms with Crippen molar-refractivity contribution in [1.82, 2.24) is 10.3 Å². The standard InChI is InChI=1S/C24H33F2N2O3PS/c25-20-8-6-19(7-9-20)24(10-1-2-11-24)12-3-4-15-33-23-18-28-21(16-22(23)26)17-27-13-5-14-32(29,30)31/h6-9,16,18,27H,1-5,10-15,17H2,(H2,29,30,31). The fourth-order valence-electron chi connectivity index (χ4n) is 4.57. The topological polar surface area (TPSA) is 82.5 Å². The van der Waals surface area contributed by atoms with Crippen LogP contribution in [0.4, 0.5) is 8.78 Å². The van der Waals surface area contributed by atoms with Crippen molar-refractivity contribution < 1.29 is 23.1 Å². The van der Waals surface area contributed by atoms with Gasteiger partial charge in [0.05, 0.1) is 16.8 Å². The van der Waals surface area contributed by atoms with E-state index in [-0.39, 0.29) is 23.2 Å². The SMILES string of the molecule is O=P(O)(O)CCCNCc1cc(F)c(SCCCCC2(c3ccc(F)cc3)CCCC2)cn1. The molecule has 2 aromatic rings. The first-order chi connectivity index (χ1) is 15.8. The van der Waals surface area contributed by atoms with Crippen molar-refractivity contribution in [2.45, 2.75) is 68.2 Å². The average Bonchev–Trinajstić information content (AvgIpc) is 3.24. The third kappa shape index (κ3) is 8.45. The number of nitrogens with zero attached hydrogens (tertiary/aromatic N) is 1. The van der Waals surface area contributed by atoms with Gasteiger partial charge in [-0.3, -0.25) is 9.55 Å². The number of thioether (sulfide) groups is 1. The van der Waals surface area contributed by atoms with Gasteiger partial charge in [0.25, 0.3) is 0 Å². The van der Waals surface area contributed by atoms with Gasteiger partial charge in [0.2, 0.25) is 0 Å². The van der Waals surface area contributed by atoms with Gasteiger partial charge in [-0.25, -0.2) is 8.78 Å². The number of nitrogens with one attached hydrogen (secondary N) is 1. The molecule has 182 valence electrons. The van der Waals surface area contributed by atoms with E-state index in [0.29, 0.717) is 30.1 Å². The highest BCUT2D eigenvalue weighted by atomic mass is 32.2. The summed E-state index contributed by atoms with van der Waals surface area (Å²) in [6.45, 7) is 0.790. The summed E-state index contributed by atoms with van der Waals surface area (Å²) in [4.78, 5) is 22.5. The van der Waals surface area contributed by atoms with E-state index >= 15 is 0 Å². The van der Waals surface area contributed by atoms with Crippen LogP contribution in [0.25, 0.3) is 0 Å². The minimum absolute atomic E-state index is 0.158. The molecule has 1 aliphatic rings. The van der Waals surface area contributed by atoms with Crippen molar-refractivity contribution in [2.75, 3.05) is 18.5 Å². The monoisotopic (exact) mass is 498 g/mol. The Bertz CT molecular complexity index is 934. The Labute approximate surface area is 199 Å². The Balaban J connectivity index is 1.39. The van der Waals surface area contributed by atoms with Crippen LogP contribution in [-0.4, -0.2) is 33.2 Å². The largest absolute Gasteiger partial charge is 0.325 e. The predicted molar refractivity (Wildman–Crippen MR) is 129 cm³/mol. The number of pyridine rings is 1. The van der Waals surface area contributed by atoms with Gasteiger partial charge in [-0.1, -0.05) is 31.4 Å². The Kier molecular flexibility index (Phi) is 9.89. The molecule has 0 amide bonds. The number of hydrogen-bond donors (Lipinski definition) is 3. The van der Waals surface area contributed by atoms with Gasteiger partial charge in [0.15, 0.2) is 0 Å². The second-order valence-electron chi connectivity index (χ2n) is 8.82. The third-order valence-electron chi connectivity index (χ3n) is 6.31. The Morgan fingerprint density at radius 3 is 2.48 bits per heavy atom. The van der Waals surface area contributed by atoms with E-state index in [4.69, 9.17) is 9.79 Å². The molecule has 5 nitrogen and oxygen atoms in total. The number of rotatable bonds is 13. The zero-order valence-electron chi connectivity index (χ0n) is 18.8. The number of benzene rings is 1. The van der Waals surface area contributed by atoms with E-state index in [9.17, 15) is 13.3 Å². The van der Waals surface area contributed by atoms with E-state index in [1.54, 1.807) is 18.3 Å². The zero-order valence-corrected chi connectivity index (χ0v) is 20.5. The van der Waals surface area contributed by atoms with Crippen molar-refractivity contribution in [3.05, 3.63) is 59.4 Å². The summed E-state index contributed by atoms with van der Waals surface area (Å²) in [6, 6.07) is 8.40. The zero-order chi connectivity index (χ0) is 23.7. The molecule has 0 unspecified atom stereocenters. The summed E-state index contributed by atoms with van der Waals surface area (Å²) in [5.74, 6) is 0.333. The molecule has 1 aliphatic carbocycles. The average molecular weight is 499 g/mol. The smallest absolute Gasteiger partial charge is 0.324 e. The molecule has 0 bridgehead atoms. The molecule has 0 radical (unpaired) electrons. The van der Waals surface area contributed by atoms with Crippen LogP contribution in [-0.2, 0) is 16.5 Å². The third-order valence-corrected chi connectivity index (χ3v) is 8.31. The number of aromatic nitrogens is 1. The first kappa shape index (κ1) is 26.3. The Hall–Kier alpha value is -1.31. The molecule has 9 heteroatoms. The van der Waals surface area contributed by atoms with Crippen LogP contribution in [0.3, 0.4) is 0 Å². The lowest BCUT2D eigenvalue weighted by molar-refractivity contribution is 0.371. The molecule has 0 atom stereocenters. The molecule has 1 saturated carbocycles. The number of unbranched alkanes of at least 4 members (excludes halogenated alkanes) is 1. The summed E-state index contributed by atoms with van der Waals surface area (Å²) in [7, 11) is -3.97.